The number of rotatable bonds is 3. The van der Waals surface area contributed by atoms with Gasteiger partial charge >= 0.3 is 0 Å². The van der Waals surface area contributed by atoms with E-state index in [9.17, 15) is 4.79 Å². The molecular weight excluding hydrogens is 356 g/mol. The van der Waals surface area contributed by atoms with Crippen LogP contribution in [-0.2, 0) is 5.54 Å². The fourth-order valence-electron chi connectivity index (χ4n) is 4.21. The Morgan fingerprint density at radius 1 is 1.14 bits per heavy atom. The van der Waals surface area contributed by atoms with Gasteiger partial charge in [0.2, 0.25) is 0 Å². The third kappa shape index (κ3) is 2.78. The number of aromatic nitrogens is 3. The molecular formula is C21H22N4O3. The maximum Gasteiger partial charge on any atom is 0.257 e. The Bertz CT molecular complexity index is 1050. The highest BCUT2D eigenvalue weighted by molar-refractivity contribution is 6.00. The fourth-order valence-corrected chi connectivity index (χ4v) is 4.21. The van der Waals surface area contributed by atoms with Crippen LogP contribution in [0.2, 0.25) is 0 Å². The molecule has 1 N–H and O–H groups in total. The zero-order valence-electron chi connectivity index (χ0n) is 15.8. The van der Waals surface area contributed by atoms with E-state index >= 15 is 0 Å². The van der Waals surface area contributed by atoms with Gasteiger partial charge in [0.05, 0.1) is 11.7 Å². The summed E-state index contributed by atoms with van der Waals surface area (Å²) in [5, 5.41) is 7.57. The highest BCUT2D eigenvalue weighted by Gasteiger charge is 2.38. The number of benzene rings is 1. The SMILES string of the molecule is Cc1ccn2ncc(C(=O)NC3(c4ccc5c(c4)OCCO5)CCCC3)c2n1. The highest BCUT2D eigenvalue weighted by Crippen LogP contribution is 2.42. The number of nitrogens with one attached hydrogen (secondary N) is 1. The van der Waals surface area contributed by atoms with Gasteiger partial charge in [-0.1, -0.05) is 18.9 Å². The number of aryl methyl sites for hydroxylation is 1. The van der Waals surface area contributed by atoms with Crippen LogP contribution in [0.3, 0.4) is 0 Å². The molecule has 2 aromatic heterocycles. The number of fused-ring (bicyclic) bond motifs is 2. The van der Waals surface area contributed by atoms with E-state index < -0.39 is 5.54 Å². The fraction of sp³-hybridized carbons (Fsp3) is 0.381. The largest absolute Gasteiger partial charge is 0.486 e. The number of hydrogen-bond acceptors (Lipinski definition) is 5. The summed E-state index contributed by atoms with van der Waals surface area (Å²) < 4.78 is 13.0. The van der Waals surface area contributed by atoms with Crippen LogP contribution in [0.5, 0.6) is 11.5 Å². The molecule has 5 rings (SSSR count). The lowest BCUT2D eigenvalue weighted by Gasteiger charge is -2.32. The van der Waals surface area contributed by atoms with Crippen molar-refractivity contribution in [1.82, 2.24) is 19.9 Å². The van der Waals surface area contributed by atoms with Crippen LogP contribution in [-0.4, -0.2) is 33.7 Å². The van der Waals surface area contributed by atoms with Crippen molar-refractivity contribution in [3.8, 4) is 11.5 Å². The topological polar surface area (TPSA) is 77.8 Å². The molecule has 28 heavy (non-hydrogen) atoms. The van der Waals surface area contributed by atoms with Crippen LogP contribution in [0.25, 0.3) is 5.65 Å². The minimum atomic E-state index is -0.412. The normalized spacial score (nSPS) is 17.6. The smallest absolute Gasteiger partial charge is 0.257 e. The van der Waals surface area contributed by atoms with Gasteiger partial charge in [-0.3, -0.25) is 4.79 Å². The van der Waals surface area contributed by atoms with Crippen molar-refractivity contribution >= 4 is 11.6 Å². The van der Waals surface area contributed by atoms with Gasteiger partial charge in [-0.25, -0.2) is 9.50 Å². The summed E-state index contributed by atoms with van der Waals surface area (Å²) >= 11 is 0. The summed E-state index contributed by atoms with van der Waals surface area (Å²) in [6.07, 6.45) is 7.33. The summed E-state index contributed by atoms with van der Waals surface area (Å²) in [5.74, 6) is 1.36. The molecule has 7 heteroatoms. The van der Waals surface area contributed by atoms with Crippen molar-refractivity contribution in [2.75, 3.05) is 13.2 Å². The molecule has 1 aromatic carbocycles. The summed E-state index contributed by atoms with van der Waals surface area (Å²) in [5.41, 5.74) is 2.57. The second-order valence-electron chi connectivity index (χ2n) is 7.50. The lowest BCUT2D eigenvalue weighted by Crippen LogP contribution is -2.43. The first-order valence-corrected chi connectivity index (χ1v) is 9.68. The van der Waals surface area contributed by atoms with Gasteiger partial charge in [0.15, 0.2) is 17.1 Å². The monoisotopic (exact) mass is 378 g/mol. The predicted octanol–water partition coefficient (Wildman–Crippen LogP) is 3.01. The van der Waals surface area contributed by atoms with E-state index in [1.54, 1.807) is 10.7 Å². The van der Waals surface area contributed by atoms with Gasteiger partial charge in [0, 0.05) is 11.9 Å². The molecule has 0 atom stereocenters. The average molecular weight is 378 g/mol. The number of carbonyl (C=O) groups is 1. The zero-order chi connectivity index (χ0) is 19.1. The first-order valence-electron chi connectivity index (χ1n) is 9.68. The summed E-state index contributed by atoms with van der Waals surface area (Å²) in [4.78, 5) is 17.7. The molecule has 7 nitrogen and oxygen atoms in total. The molecule has 0 spiro atoms. The summed E-state index contributed by atoms with van der Waals surface area (Å²) in [7, 11) is 0. The average Bonchev–Trinajstić information content (AvgIpc) is 3.35. The number of nitrogens with zero attached hydrogens (tertiary/aromatic N) is 3. The minimum Gasteiger partial charge on any atom is -0.486 e. The first-order chi connectivity index (χ1) is 13.6. The predicted molar refractivity (Wildman–Crippen MR) is 103 cm³/mol. The maximum absolute atomic E-state index is 13.2. The second-order valence-corrected chi connectivity index (χ2v) is 7.50. The summed E-state index contributed by atoms with van der Waals surface area (Å²) in [6.45, 7) is 3.01. The van der Waals surface area contributed by atoms with Gasteiger partial charge in [-0.05, 0) is 43.5 Å². The van der Waals surface area contributed by atoms with Crippen molar-refractivity contribution in [2.24, 2.45) is 0 Å². The molecule has 0 unspecified atom stereocenters. The van der Waals surface area contributed by atoms with Crippen LogP contribution in [0.15, 0.2) is 36.7 Å². The van der Waals surface area contributed by atoms with Crippen LogP contribution < -0.4 is 14.8 Å². The molecule has 144 valence electrons. The van der Waals surface area contributed by atoms with Crippen LogP contribution in [0, 0.1) is 6.92 Å². The molecule has 1 aliphatic carbocycles. The van der Waals surface area contributed by atoms with Crippen LogP contribution in [0.4, 0.5) is 0 Å². The Labute approximate surface area is 162 Å². The number of amides is 1. The van der Waals surface area contributed by atoms with E-state index in [1.807, 2.05) is 37.4 Å². The van der Waals surface area contributed by atoms with Gasteiger partial charge < -0.3 is 14.8 Å². The van der Waals surface area contributed by atoms with Gasteiger partial charge in [0.1, 0.15) is 18.8 Å². The van der Waals surface area contributed by atoms with E-state index in [0.717, 1.165) is 48.4 Å². The van der Waals surface area contributed by atoms with E-state index in [0.29, 0.717) is 24.4 Å². The second kappa shape index (κ2) is 6.51. The molecule has 0 bridgehead atoms. The molecule has 1 aliphatic heterocycles. The Morgan fingerprint density at radius 2 is 1.93 bits per heavy atom. The van der Waals surface area contributed by atoms with Crippen molar-refractivity contribution in [3.63, 3.8) is 0 Å². The molecule has 1 fully saturated rings. The van der Waals surface area contributed by atoms with E-state index in [2.05, 4.69) is 15.4 Å². The standard InChI is InChI=1S/C21H22N4O3/c1-14-6-9-25-19(23-14)16(13-22-25)20(26)24-21(7-2-3-8-21)15-4-5-17-18(12-15)28-11-10-27-17/h4-6,9,12-13H,2-3,7-8,10-11H2,1H3,(H,24,26). The third-order valence-electron chi connectivity index (χ3n) is 5.66. The lowest BCUT2D eigenvalue weighted by molar-refractivity contribution is 0.0899. The number of ether oxygens (including phenoxy) is 2. The van der Waals surface area contributed by atoms with E-state index in [1.165, 1.54) is 0 Å². The highest BCUT2D eigenvalue weighted by atomic mass is 16.6. The van der Waals surface area contributed by atoms with Crippen molar-refractivity contribution in [2.45, 2.75) is 38.1 Å². The number of hydrogen-bond donors (Lipinski definition) is 1. The molecule has 1 saturated carbocycles. The van der Waals surface area contributed by atoms with Crippen molar-refractivity contribution in [1.29, 1.82) is 0 Å². The Morgan fingerprint density at radius 3 is 2.75 bits per heavy atom. The van der Waals surface area contributed by atoms with E-state index in [4.69, 9.17) is 9.47 Å². The van der Waals surface area contributed by atoms with Gasteiger partial charge in [-0.15, -0.1) is 0 Å². The molecule has 0 radical (unpaired) electrons. The summed E-state index contributed by atoms with van der Waals surface area (Å²) in [6, 6.07) is 7.86. The Kier molecular flexibility index (Phi) is 3.96. The molecule has 3 heterocycles. The van der Waals surface area contributed by atoms with Crippen molar-refractivity contribution in [3.05, 3.63) is 53.5 Å². The lowest BCUT2D eigenvalue weighted by atomic mass is 9.87. The van der Waals surface area contributed by atoms with Crippen LogP contribution in [0.1, 0.15) is 47.3 Å². The van der Waals surface area contributed by atoms with Crippen LogP contribution >= 0.6 is 0 Å². The third-order valence-corrected chi connectivity index (χ3v) is 5.66. The van der Waals surface area contributed by atoms with E-state index in [-0.39, 0.29) is 5.91 Å². The first kappa shape index (κ1) is 17.0. The van der Waals surface area contributed by atoms with Gasteiger partial charge in [0.25, 0.3) is 5.91 Å². The maximum atomic E-state index is 13.2. The Balaban J connectivity index is 1.50. The number of carbonyl (C=O) groups excluding carboxylic acids is 1. The van der Waals surface area contributed by atoms with Gasteiger partial charge in [-0.2, -0.15) is 5.10 Å². The molecule has 3 aromatic rings. The molecule has 1 amide bonds. The molecule has 2 aliphatic rings. The van der Waals surface area contributed by atoms with Crippen molar-refractivity contribution < 1.29 is 14.3 Å². The minimum absolute atomic E-state index is 0.148. The quantitative estimate of drug-likeness (QED) is 0.758. The zero-order valence-corrected chi connectivity index (χ0v) is 15.8. The molecule has 0 saturated heterocycles. The Hall–Kier alpha value is -3.09.